The van der Waals surface area contributed by atoms with E-state index in [-0.39, 0.29) is 11.9 Å². The molecule has 0 spiro atoms. The molecule has 0 aliphatic rings. The zero-order chi connectivity index (χ0) is 23.8. The van der Waals surface area contributed by atoms with E-state index < -0.39 is 10.0 Å². The Balaban J connectivity index is 1.70. The smallest absolute Gasteiger partial charge is 0.241 e. The van der Waals surface area contributed by atoms with E-state index >= 15 is 0 Å². The average Bonchev–Trinajstić information content (AvgIpc) is 3.10. The van der Waals surface area contributed by atoms with Gasteiger partial charge in [0, 0.05) is 40.8 Å². The summed E-state index contributed by atoms with van der Waals surface area (Å²) in [5.74, 6) is -0.279. The molecule has 1 unspecified atom stereocenters. The highest BCUT2D eigenvalue weighted by atomic mass is 32.2. The number of benzene rings is 3. The number of halogens is 1. The summed E-state index contributed by atoms with van der Waals surface area (Å²) in [4.78, 5) is 0.343. The molecule has 3 aromatic carbocycles. The first kappa shape index (κ1) is 23.2. The molecular weight excluding hydrogens is 435 g/mol. The first-order valence-corrected chi connectivity index (χ1v) is 12.6. The van der Waals surface area contributed by atoms with E-state index in [0.717, 1.165) is 33.2 Å². The summed E-state index contributed by atoms with van der Waals surface area (Å²) in [5.41, 5.74) is 4.79. The first-order chi connectivity index (χ1) is 15.7. The minimum atomic E-state index is -3.70. The second-order valence-corrected chi connectivity index (χ2v) is 10.3. The van der Waals surface area contributed by atoms with Crippen LogP contribution in [-0.4, -0.2) is 19.0 Å². The second kappa shape index (κ2) is 9.12. The fraction of sp³-hybridized carbons (Fsp3) is 0.259. The Morgan fingerprint density at radius 1 is 0.939 bits per heavy atom. The van der Waals surface area contributed by atoms with Crippen molar-refractivity contribution in [3.8, 4) is 11.1 Å². The van der Waals surface area contributed by atoms with Gasteiger partial charge in [0.2, 0.25) is 10.0 Å². The van der Waals surface area contributed by atoms with E-state index in [1.165, 1.54) is 6.07 Å². The predicted molar refractivity (Wildman–Crippen MR) is 132 cm³/mol. The molecule has 0 aliphatic carbocycles. The van der Waals surface area contributed by atoms with Gasteiger partial charge < -0.3 is 4.57 Å². The highest BCUT2D eigenvalue weighted by Crippen LogP contribution is 2.32. The van der Waals surface area contributed by atoms with Crippen molar-refractivity contribution in [1.82, 2.24) is 9.29 Å². The summed E-state index contributed by atoms with van der Waals surface area (Å²) in [6.45, 7) is 8.02. The van der Waals surface area contributed by atoms with E-state index in [1.54, 1.807) is 12.1 Å². The fourth-order valence-electron chi connectivity index (χ4n) is 4.65. The van der Waals surface area contributed by atoms with Crippen molar-refractivity contribution in [2.75, 3.05) is 0 Å². The van der Waals surface area contributed by atoms with Crippen LogP contribution in [0.25, 0.3) is 22.0 Å². The Kier molecular flexibility index (Phi) is 6.41. The average molecular weight is 465 g/mol. The van der Waals surface area contributed by atoms with Gasteiger partial charge in [-0.25, -0.2) is 17.5 Å². The molecular formula is C27H29FN2O2S. The second-order valence-electron chi connectivity index (χ2n) is 8.65. The molecule has 4 rings (SSSR count). The Bertz CT molecular complexity index is 1400. The largest absolute Gasteiger partial charge is 0.345 e. The van der Waals surface area contributed by atoms with Crippen molar-refractivity contribution in [2.45, 2.75) is 51.6 Å². The summed E-state index contributed by atoms with van der Waals surface area (Å²) in [6, 6.07) is 18.0. The van der Waals surface area contributed by atoms with Crippen molar-refractivity contribution in [2.24, 2.45) is 0 Å². The zero-order valence-corrected chi connectivity index (χ0v) is 20.2. The van der Waals surface area contributed by atoms with Gasteiger partial charge in [-0.15, -0.1) is 0 Å². The Hall–Kier alpha value is -2.96. The molecule has 1 atom stereocenters. The fourth-order valence-corrected chi connectivity index (χ4v) is 6.41. The number of hydrogen-bond acceptors (Lipinski definition) is 2. The number of aromatic nitrogens is 1. The van der Waals surface area contributed by atoms with Crippen LogP contribution in [0.1, 0.15) is 30.0 Å². The molecule has 1 aromatic heterocycles. The molecule has 4 aromatic rings. The van der Waals surface area contributed by atoms with Crippen LogP contribution in [-0.2, 0) is 16.6 Å². The summed E-state index contributed by atoms with van der Waals surface area (Å²) in [7, 11) is -3.70. The molecule has 0 aliphatic heterocycles. The van der Waals surface area contributed by atoms with Gasteiger partial charge in [0.15, 0.2) is 0 Å². The number of nitrogens with zero attached hydrogens (tertiary/aromatic N) is 1. The standard InChI is InChI=1S/C27H29FN2O2S/c1-5-21(29-33(31,32)27-19(3)14-18(2)15-20(27)4)16-30-17-24(22-10-6-8-12-25(22)28)23-11-7-9-13-26(23)30/h6-15,17,21,29H,5,16H2,1-4H3. The van der Waals surface area contributed by atoms with Crippen LogP contribution in [0, 0.1) is 26.6 Å². The topological polar surface area (TPSA) is 51.1 Å². The number of aryl methyl sites for hydroxylation is 3. The zero-order valence-electron chi connectivity index (χ0n) is 19.4. The lowest BCUT2D eigenvalue weighted by atomic mass is 10.0. The number of para-hydroxylation sites is 1. The molecule has 0 amide bonds. The van der Waals surface area contributed by atoms with E-state index in [2.05, 4.69) is 4.72 Å². The molecule has 33 heavy (non-hydrogen) atoms. The third kappa shape index (κ3) is 4.59. The maximum atomic E-state index is 14.6. The van der Waals surface area contributed by atoms with Gasteiger partial charge in [0.25, 0.3) is 0 Å². The molecule has 4 nitrogen and oxygen atoms in total. The van der Waals surface area contributed by atoms with Crippen molar-refractivity contribution < 1.29 is 12.8 Å². The van der Waals surface area contributed by atoms with E-state index in [1.807, 2.05) is 80.9 Å². The maximum absolute atomic E-state index is 14.6. The molecule has 6 heteroatoms. The lowest BCUT2D eigenvalue weighted by Gasteiger charge is -2.20. The van der Waals surface area contributed by atoms with Gasteiger partial charge in [0.1, 0.15) is 5.82 Å². The van der Waals surface area contributed by atoms with Crippen LogP contribution in [0.4, 0.5) is 4.39 Å². The molecule has 0 fully saturated rings. The monoisotopic (exact) mass is 464 g/mol. The number of sulfonamides is 1. The first-order valence-electron chi connectivity index (χ1n) is 11.1. The lowest BCUT2D eigenvalue weighted by Crippen LogP contribution is -2.38. The van der Waals surface area contributed by atoms with Crippen LogP contribution < -0.4 is 4.72 Å². The van der Waals surface area contributed by atoms with Gasteiger partial charge >= 0.3 is 0 Å². The van der Waals surface area contributed by atoms with Crippen LogP contribution in [0.15, 0.2) is 71.8 Å². The van der Waals surface area contributed by atoms with Gasteiger partial charge in [-0.05, 0) is 50.5 Å². The van der Waals surface area contributed by atoms with Gasteiger partial charge in [-0.2, -0.15) is 0 Å². The number of rotatable bonds is 7. The molecule has 0 saturated heterocycles. The van der Waals surface area contributed by atoms with Crippen LogP contribution >= 0.6 is 0 Å². The Morgan fingerprint density at radius 3 is 2.24 bits per heavy atom. The van der Waals surface area contributed by atoms with Crippen molar-refractivity contribution in [1.29, 1.82) is 0 Å². The minimum Gasteiger partial charge on any atom is -0.345 e. The SMILES string of the molecule is CCC(Cn1cc(-c2ccccc2F)c2ccccc21)NS(=O)(=O)c1c(C)cc(C)cc1C. The molecule has 0 saturated carbocycles. The third-order valence-electron chi connectivity index (χ3n) is 6.06. The van der Waals surface area contributed by atoms with Gasteiger partial charge in [-0.1, -0.05) is 61.0 Å². The number of hydrogen-bond donors (Lipinski definition) is 1. The van der Waals surface area contributed by atoms with Crippen molar-refractivity contribution >= 4 is 20.9 Å². The molecule has 0 bridgehead atoms. The predicted octanol–water partition coefficient (Wildman–Crippen LogP) is 6.13. The highest BCUT2D eigenvalue weighted by molar-refractivity contribution is 7.89. The van der Waals surface area contributed by atoms with Gasteiger partial charge in [-0.3, -0.25) is 0 Å². The van der Waals surface area contributed by atoms with Crippen LogP contribution in [0.3, 0.4) is 0 Å². The highest BCUT2D eigenvalue weighted by Gasteiger charge is 2.24. The summed E-state index contributed by atoms with van der Waals surface area (Å²) in [5, 5.41) is 0.936. The van der Waals surface area contributed by atoms with E-state index in [0.29, 0.717) is 23.4 Å². The molecule has 0 radical (unpaired) electrons. The van der Waals surface area contributed by atoms with Crippen molar-refractivity contribution in [3.05, 3.63) is 89.4 Å². The molecule has 172 valence electrons. The summed E-state index contributed by atoms with van der Waals surface area (Å²) in [6.07, 6.45) is 2.53. The van der Waals surface area contributed by atoms with Gasteiger partial charge in [0.05, 0.1) is 4.90 Å². The van der Waals surface area contributed by atoms with E-state index in [9.17, 15) is 12.8 Å². The quantitative estimate of drug-likeness (QED) is 0.358. The van der Waals surface area contributed by atoms with Crippen molar-refractivity contribution in [3.63, 3.8) is 0 Å². The minimum absolute atomic E-state index is 0.279. The maximum Gasteiger partial charge on any atom is 0.241 e. The molecule has 1 N–H and O–H groups in total. The Labute approximate surface area is 195 Å². The Morgan fingerprint density at radius 2 is 1.58 bits per heavy atom. The number of nitrogens with one attached hydrogen (secondary N) is 1. The number of fused-ring (bicyclic) bond motifs is 1. The summed E-state index contributed by atoms with van der Waals surface area (Å²) >= 11 is 0. The third-order valence-corrected chi connectivity index (χ3v) is 7.88. The van der Waals surface area contributed by atoms with Crippen LogP contribution in [0.2, 0.25) is 0 Å². The van der Waals surface area contributed by atoms with Crippen LogP contribution in [0.5, 0.6) is 0 Å². The normalized spacial score (nSPS) is 12.9. The lowest BCUT2D eigenvalue weighted by molar-refractivity contribution is 0.491. The molecule has 1 heterocycles. The van der Waals surface area contributed by atoms with E-state index in [4.69, 9.17) is 0 Å². The summed E-state index contributed by atoms with van der Waals surface area (Å²) < 4.78 is 46.1.